The molecule has 6 nitrogen and oxygen atoms in total. The Kier molecular flexibility index (Phi) is 6.08. The number of carbonyl (C=O) groups is 3. The van der Waals surface area contributed by atoms with Gasteiger partial charge in [0.05, 0.1) is 23.4 Å². The Morgan fingerprint density at radius 2 is 1.84 bits per heavy atom. The third kappa shape index (κ3) is 4.77. The van der Waals surface area contributed by atoms with Crippen LogP contribution < -0.4 is 10.6 Å². The summed E-state index contributed by atoms with van der Waals surface area (Å²) in [7, 11) is 1.21. The zero-order valence-electron chi connectivity index (χ0n) is 13.1. The minimum atomic E-state index is -1.000. The van der Waals surface area contributed by atoms with Crippen LogP contribution in [0.4, 0.5) is 10.1 Å². The van der Waals surface area contributed by atoms with Crippen molar-refractivity contribution in [3.05, 3.63) is 64.4 Å². The molecular formula is C17H14ClFN2O4. The maximum absolute atomic E-state index is 13.5. The second-order valence-electron chi connectivity index (χ2n) is 4.91. The lowest BCUT2D eigenvalue weighted by Gasteiger charge is -2.09. The molecule has 0 saturated carbocycles. The zero-order chi connectivity index (χ0) is 18.4. The Labute approximate surface area is 147 Å². The number of amides is 2. The van der Waals surface area contributed by atoms with E-state index in [0.717, 1.165) is 0 Å². The number of anilines is 1. The normalized spacial score (nSPS) is 10.0. The number of rotatable bonds is 4. The van der Waals surface area contributed by atoms with E-state index in [-0.39, 0.29) is 28.4 Å². The fraction of sp³-hybridized carbons (Fsp3) is 0.118. The molecule has 0 spiro atoms. The highest BCUT2D eigenvalue weighted by Crippen LogP contribution is 2.23. The van der Waals surface area contributed by atoms with Crippen LogP contribution in [0.15, 0.2) is 42.5 Å². The van der Waals surface area contributed by atoms with Crippen LogP contribution in [0.3, 0.4) is 0 Å². The van der Waals surface area contributed by atoms with Crippen molar-refractivity contribution in [3.63, 3.8) is 0 Å². The lowest BCUT2D eigenvalue weighted by atomic mass is 10.2. The number of ether oxygens (including phenoxy) is 1. The predicted octanol–water partition coefficient (Wildman–Crippen LogP) is 2.52. The van der Waals surface area contributed by atoms with Crippen LogP contribution in [0, 0.1) is 5.82 Å². The van der Waals surface area contributed by atoms with Gasteiger partial charge in [-0.05, 0) is 24.3 Å². The SMILES string of the molecule is COC(=O)c1ccc(Cl)c(NC(=O)C(=O)NCc2ccccc2F)c1. The first kappa shape index (κ1) is 18.4. The highest BCUT2D eigenvalue weighted by Gasteiger charge is 2.17. The van der Waals surface area contributed by atoms with Crippen molar-refractivity contribution < 1.29 is 23.5 Å². The predicted molar refractivity (Wildman–Crippen MR) is 89.7 cm³/mol. The Morgan fingerprint density at radius 3 is 2.52 bits per heavy atom. The van der Waals surface area contributed by atoms with E-state index in [2.05, 4.69) is 15.4 Å². The monoisotopic (exact) mass is 364 g/mol. The average molecular weight is 365 g/mol. The van der Waals surface area contributed by atoms with Gasteiger partial charge in [-0.1, -0.05) is 29.8 Å². The first-order valence-electron chi connectivity index (χ1n) is 7.13. The largest absolute Gasteiger partial charge is 0.465 e. The first-order chi connectivity index (χ1) is 11.9. The molecule has 0 atom stereocenters. The molecule has 8 heteroatoms. The summed E-state index contributed by atoms with van der Waals surface area (Å²) in [4.78, 5) is 35.3. The number of halogens is 2. The van der Waals surface area contributed by atoms with Crippen molar-refractivity contribution in [2.45, 2.75) is 6.54 Å². The summed E-state index contributed by atoms with van der Waals surface area (Å²) < 4.78 is 18.1. The standard InChI is InChI=1S/C17H14ClFN2O4/c1-25-17(24)10-6-7-12(18)14(8-10)21-16(23)15(22)20-9-11-4-2-3-5-13(11)19/h2-8H,9H2,1H3,(H,20,22)(H,21,23). The molecule has 130 valence electrons. The molecular weight excluding hydrogens is 351 g/mol. The van der Waals surface area contributed by atoms with E-state index in [1.165, 1.54) is 43.5 Å². The number of hydrogen-bond donors (Lipinski definition) is 2. The smallest absolute Gasteiger partial charge is 0.337 e. The van der Waals surface area contributed by atoms with Gasteiger partial charge in [0.2, 0.25) is 0 Å². The molecule has 2 aromatic rings. The van der Waals surface area contributed by atoms with E-state index in [1.54, 1.807) is 6.07 Å². The molecule has 25 heavy (non-hydrogen) atoms. The Hall–Kier alpha value is -2.93. The number of esters is 1. The van der Waals surface area contributed by atoms with Crippen molar-refractivity contribution in [2.75, 3.05) is 12.4 Å². The minimum absolute atomic E-state index is 0.0793. The van der Waals surface area contributed by atoms with Crippen molar-refractivity contribution >= 4 is 35.1 Å². The van der Waals surface area contributed by atoms with E-state index in [0.29, 0.717) is 0 Å². The Morgan fingerprint density at radius 1 is 1.12 bits per heavy atom. The fourth-order valence-electron chi connectivity index (χ4n) is 1.94. The van der Waals surface area contributed by atoms with Gasteiger partial charge in [0.25, 0.3) is 0 Å². The molecule has 0 aliphatic heterocycles. The van der Waals surface area contributed by atoms with Crippen molar-refractivity contribution in [2.24, 2.45) is 0 Å². The lowest BCUT2D eigenvalue weighted by Crippen LogP contribution is -2.35. The van der Waals surface area contributed by atoms with Gasteiger partial charge in [0.15, 0.2) is 0 Å². The maximum atomic E-state index is 13.5. The first-order valence-corrected chi connectivity index (χ1v) is 7.50. The molecule has 0 bridgehead atoms. The number of hydrogen-bond acceptors (Lipinski definition) is 4. The Bertz CT molecular complexity index is 826. The summed E-state index contributed by atoms with van der Waals surface area (Å²) in [5.41, 5.74) is 0.485. The molecule has 0 unspecified atom stereocenters. The van der Waals surface area contributed by atoms with Gasteiger partial charge in [0, 0.05) is 12.1 Å². The lowest BCUT2D eigenvalue weighted by molar-refractivity contribution is -0.136. The molecule has 0 fully saturated rings. The third-order valence-electron chi connectivity index (χ3n) is 3.24. The summed E-state index contributed by atoms with van der Waals surface area (Å²) in [6.45, 7) is -0.144. The van der Waals surface area contributed by atoms with Gasteiger partial charge in [-0.25, -0.2) is 9.18 Å². The summed E-state index contributed by atoms with van der Waals surface area (Å²) in [5, 5.41) is 4.74. The van der Waals surface area contributed by atoms with Gasteiger partial charge in [-0.15, -0.1) is 0 Å². The molecule has 0 heterocycles. The summed E-state index contributed by atoms with van der Waals surface area (Å²) >= 11 is 5.94. The molecule has 2 amide bonds. The van der Waals surface area contributed by atoms with Crippen LogP contribution in [-0.4, -0.2) is 24.9 Å². The quantitative estimate of drug-likeness (QED) is 0.645. The number of benzene rings is 2. The maximum Gasteiger partial charge on any atom is 0.337 e. The van der Waals surface area contributed by atoms with Crippen LogP contribution in [-0.2, 0) is 20.9 Å². The molecule has 2 aromatic carbocycles. The summed E-state index contributed by atoms with van der Waals surface area (Å²) in [5.74, 6) is -3.07. The second-order valence-corrected chi connectivity index (χ2v) is 5.32. The third-order valence-corrected chi connectivity index (χ3v) is 3.57. The fourth-order valence-corrected chi connectivity index (χ4v) is 2.11. The highest BCUT2D eigenvalue weighted by atomic mass is 35.5. The second kappa shape index (κ2) is 8.25. The van der Waals surface area contributed by atoms with Crippen LogP contribution in [0.25, 0.3) is 0 Å². The van der Waals surface area contributed by atoms with Gasteiger partial charge in [-0.3, -0.25) is 9.59 Å². The zero-order valence-corrected chi connectivity index (χ0v) is 13.9. The van der Waals surface area contributed by atoms with Gasteiger partial charge in [0.1, 0.15) is 5.82 Å². The van der Waals surface area contributed by atoms with E-state index < -0.39 is 23.6 Å². The van der Waals surface area contributed by atoms with Crippen LogP contribution in [0.1, 0.15) is 15.9 Å². The van der Waals surface area contributed by atoms with Crippen LogP contribution in [0.5, 0.6) is 0 Å². The highest BCUT2D eigenvalue weighted by molar-refractivity contribution is 6.41. The minimum Gasteiger partial charge on any atom is -0.465 e. The number of methoxy groups -OCH3 is 1. The topological polar surface area (TPSA) is 84.5 Å². The average Bonchev–Trinajstić information content (AvgIpc) is 2.61. The molecule has 2 N–H and O–H groups in total. The number of nitrogens with one attached hydrogen (secondary N) is 2. The summed E-state index contributed by atoms with van der Waals surface area (Å²) in [6, 6.07) is 9.97. The molecule has 0 saturated heterocycles. The van der Waals surface area contributed by atoms with E-state index in [1.807, 2.05) is 0 Å². The van der Waals surface area contributed by atoms with Gasteiger partial charge in [-0.2, -0.15) is 0 Å². The van der Waals surface area contributed by atoms with E-state index in [9.17, 15) is 18.8 Å². The summed E-state index contributed by atoms with van der Waals surface area (Å²) in [6.07, 6.45) is 0. The van der Waals surface area contributed by atoms with Gasteiger partial charge < -0.3 is 15.4 Å². The molecule has 0 aromatic heterocycles. The van der Waals surface area contributed by atoms with Crippen LogP contribution >= 0.6 is 11.6 Å². The molecule has 0 radical (unpaired) electrons. The van der Waals surface area contributed by atoms with Crippen LogP contribution in [0.2, 0.25) is 5.02 Å². The molecule has 2 rings (SSSR count). The number of carbonyl (C=O) groups excluding carboxylic acids is 3. The Balaban J connectivity index is 2.02. The van der Waals surface area contributed by atoms with Crippen molar-refractivity contribution in [3.8, 4) is 0 Å². The molecule has 0 aliphatic rings. The van der Waals surface area contributed by atoms with Gasteiger partial charge >= 0.3 is 17.8 Å². The van der Waals surface area contributed by atoms with E-state index >= 15 is 0 Å². The van der Waals surface area contributed by atoms with Crippen molar-refractivity contribution in [1.29, 1.82) is 0 Å². The van der Waals surface area contributed by atoms with Crippen molar-refractivity contribution in [1.82, 2.24) is 5.32 Å². The molecule has 0 aliphatic carbocycles. The van der Waals surface area contributed by atoms with E-state index in [4.69, 9.17) is 11.6 Å².